The van der Waals surface area contributed by atoms with Crippen LogP contribution in [-0.4, -0.2) is 27.4 Å². The maximum Gasteiger partial charge on any atom is 0.335 e. The molecule has 2 aliphatic rings. The van der Waals surface area contributed by atoms with E-state index >= 15 is 0 Å². The van der Waals surface area contributed by atoms with Gasteiger partial charge >= 0.3 is 5.97 Å². The van der Waals surface area contributed by atoms with Crippen LogP contribution in [0.1, 0.15) is 27.0 Å². The lowest BCUT2D eigenvalue weighted by molar-refractivity contribution is 0.0697. The van der Waals surface area contributed by atoms with Crippen molar-refractivity contribution in [1.29, 1.82) is 0 Å². The Bertz CT molecular complexity index is 759. The number of fused-ring (bicyclic) bond motifs is 3. The molecular formula is C16H14N2O3. The summed E-state index contributed by atoms with van der Waals surface area (Å²) in [6.07, 6.45) is 2.30. The van der Waals surface area contributed by atoms with E-state index in [0.717, 1.165) is 22.5 Å². The second kappa shape index (κ2) is 4.05. The SMILES string of the molecule is O=C(O)c1ccc2c(c1)C[C@]1(C2)c2cccnc2NC1O. The first-order chi connectivity index (χ1) is 10.1. The minimum absolute atomic E-state index is 0.289. The van der Waals surface area contributed by atoms with Gasteiger partial charge in [0.2, 0.25) is 0 Å². The van der Waals surface area contributed by atoms with E-state index in [1.807, 2.05) is 18.2 Å². The van der Waals surface area contributed by atoms with Crippen molar-refractivity contribution in [2.45, 2.75) is 24.5 Å². The van der Waals surface area contributed by atoms with Crippen molar-refractivity contribution < 1.29 is 15.0 Å². The summed E-state index contributed by atoms with van der Waals surface area (Å²) in [5, 5.41) is 22.6. The molecule has 0 saturated heterocycles. The van der Waals surface area contributed by atoms with E-state index in [1.165, 1.54) is 0 Å². The minimum atomic E-state index is -0.925. The molecule has 2 aromatic rings. The zero-order valence-electron chi connectivity index (χ0n) is 11.2. The summed E-state index contributed by atoms with van der Waals surface area (Å²) in [6.45, 7) is 0. The van der Waals surface area contributed by atoms with Gasteiger partial charge in [-0.1, -0.05) is 12.1 Å². The molecule has 1 aliphatic carbocycles. The quantitative estimate of drug-likeness (QED) is 0.739. The summed E-state index contributed by atoms with van der Waals surface area (Å²) >= 11 is 0. The predicted molar refractivity (Wildman–Crippen MR) is 76.4 cm³/mol. The first kappa shape index (κ1) is 12.3. The Morgan fingerprint density at radius 2 is 2.10 bits per heavy atom. The second-order valence-corrected chi connectivity index (χ2v) is 5.74. The molecule has 1 aliphatic heterocycles. The number of benzene rings is 1. The zero-order valence-corrected chi connectivity index (χ0v) is 11.2. The summed E-state index contributed by atoms with van der Waals surface area (Å²) in [7, 11) is 0. The van der Waals surface area contributed by atoms with Gasteiger partial charge < -0.3 is 15.5 Å². The number of rotatable bonds is 1. The molecule has 1 spiro atoms. The molecular weight excluding hydrogens is 268 g/mol. The summed E-state index contributed by atoms with van der Waals surface area (Å²) in [5.74, 6) is -0.206. The Labute approximate surface area is 121 Å². The smallest absolute Gasteiger partial charge is 0.335 e. The summed E-state index contributed by atoms with van der Waals surface area (Å²) in [5.41, 5.74) is 2.94. The highest BCUT2D eigenvalue weighted by Crippen LogP contribution is 2.48. The highest BCUT2D eigenvalue weighted by atomic mass is 16.4. The summed E-state index contributed by atoms with van der Waals surface area (Å²) in [6, 6.07) is 9.04. The largest absolute Gasteiger partial charge is 0.478 e. The second-order valence-electron chi connectivity index (χ2n) is 5.74. The molecule has 3 N–H and O–H groups in total. The van der Waals surface area contributed by atoms with Crippen molar-refractivity contribution in [3.05, 3.63) is 58.8 Å². The van der Waals surface area contributed by atoms with E-state index < -0.39 is 17.6 Å². The Morgan fingerprint density at radius 1 is 1.29 bits per heavy atom. The van der Waals surface area contributed by atoms with Gasteiger partial charge in [0.1, 0.15) is 12.0 Å². The van der Waals surface area contributed by atoms with E-state index in [0.29, 0.717) is 12.8 Å². The van der Waals surface area contributed by atoms with Crippen molar-refractivity contribution in [2.24, 2.45) is 0 Å². The van der Waals surface area contributed by atoms with Crippen LogP contribution in [0.15, 0.2) is 36.5 Å². The molecule has 21 heavy (non-hydrogen) atoms. The van der Waals surface area contributed by atoms with E-state index in [2.05, 4.69) is 10.3 Å². The molecule has 5 nitrogen and oxygen atoms in total. The lowest BCUT2D eigenvalue weighted by atomic mass is 9.79. The molecule has 1 aromatic heterocycles. The van der Waals surface area contributed by atoms with Crippen LogP contribution in [0.3, 0.4) is 0 Å². The predicted octanol–water partition coefficient (Wildman–Crippen LogP) is 1.56. The first-order valence-corrected chi connectivity index (χ1v) is 6.85. The van der Waals surface area contributed by atoms with Crippen LogP contribution >= 0.6 is 0 Å². The third-order valence-electron chi connectivity index (χ3n) is 4.61. The van der Waals surface area contributed by atoms with Crippen LogP contribution in [0.2, 0.25) is 0 Å². The highest BCUT2D eigenvalue weighted by molar-refractivity contribution is 5.88. The number of nitrogens with one attached hydrogen (secondary N) is 1. The summed E-state index contributed by atoms with van der Waals surface area (Å²) in [4.78, 5) is 15.4. The standard InChI is InChI=1S/C16H14N2O3/c19-14(20)9-3-4-10-7-16(8-11(10)6-9)12-2-1-5-17-13(12)18-15(16)21/h1-6,15,21H,7-8H2,(H,17,18)(H,19,20)/t15?,16-/m1/s1. The van der Waals surface area contributed by atoms with Gasteiger partial charge in [0, 0.05) is 11.8 Å². The summed E-state index contributed by atoms with van der Waals surface area (Å²) < 4.78 is 0. The molecule has 1 aromatic carbocycles. The number of hydrogen-bond donors (Lipinski definition) is 3. The van der Waals surface area contributed by atoms with Crippen LogP contribution in [0.4, 0.5) is 5.82 Å². The number of aromatic carboxylic acids is 1. The van der Waals surface area contributed by atoms with Crippen LogP contribution in [0.25, 0.3) is 0 Å². The molecule has 0 bridgehead atoms. The maximum absolute atomic E-state index is 11.1. The van der Waals surface area contributed by atoms with E-state index in [9.17, 15) is 9.90 Å². The topological polar surface area (TPSA) is 82.5 Å². The number of carboxylic acids is 1. The van der Waals surface area contributed by atoms with Crippen LogP contribution < -0.4 is 5.32 Å². The van der Waals surface area contributed by atoms with E-state index in [1.54, 1.807) is 18.3 Å². The average molecular weight is 282 g/mol. The molecule has 2 heterocycles. The van der Waals surface area contributed by atoms with Crippen molar-refractivity contribution in [2.75, 3.05) is 5.32 Å². The third kappa shape index (κ3) is 1.61. The molecule has 1 unspecified atom stereocenters. The van der Waals surface area contributed by atoms with E-state index in [-0.39, 0.29) is 5.56 Å². The highest BCUT2D eigenvalue weighted by Gasteiger charge is 2.50. The van der Waals surface area contributed by atoms with Crippen molar-refractivity contribution >= 4 is 11.8 Å². The monoisotopic (exact) mass is 282 g/mol. The Balaban J connectivity index is 1.81. The van der Waals surface area contributed by atoms with Gasteiger partial charge in [-0.15, -0.1) is 0 Å². The van der Waals surface area contributed by atoms with Gasteiger partial charge in [0.25, 0.3) is 0 Å². The molecule has 5 heteroatoms. The number of aliphatic hydroxyl groups excluding tert-OH is 1. The van der Waals surface area contributed by atoms with E-state index in [4.69, 9.17) is 5.11 Å². The lowest BCUT2D eigenvalue weighted by Crippen LogP contribution is -2.39. The fourth-order valence-electron chi connectivity index (χ4n) is 3.56. The Hall–Kier alpha value is -2.40. The number of anilines is 1. The normalized spacial score (nSPS) is 25.5. The maximum atomic E-state index is 11.1. The molecule has 0 saturated carbocycles. The van der Waals surface area contributed by atoms with Crippen molar-refractivity contribution in [1.82, 2.24) is 4.98 Å². The molecule has 106 valence electrons. The number of aromatic nitrogens is 1. The minimum Gasteiger partial charge on any atom is -0.478 e. The average Bonchev–Trinajstić information content (AvgIpc) is 2.98. The molecule has 4 rings (SSSR count). The molecule has 0 amide bonds. The van der Waals surface area contributed by atoms with Crippen molar-refractivity contribution in [3.63, 3.8) is 0 Å². The number of pyridine rings is 1. The van der Waals surface area contributed by atoms with Crippen LogP contribution in [0.5, 0.6) is 0 Å². The zero-order chi connectivity index (χ0) is 14.6. The number of carboxylic acid groups (broad SMARTS) is 1. The van der Waals surface area contributed by atoms with Gasteiger partial charge in [-0.2, -0.15) is 0 Å². The molecule has 0 radical (unpaired) electrons. The Kier molecular flexibility index (Phi) is 2.38. The van der Waals surface area contributed by atoms with Gasteiger partial charge in [0.05, 0.1) is 11.0 Å². The van der Waals surface area contributed by atoms with Gasteiger partial charge in [-0.3, -0.25) is 0 Å². The number of nitrogens with zero attached hydrogens (tertiary/aromatic N) is 1. The first-order valence-electron chi connectivity index (χ1n) is 6.85. The van der Waals surface area contributed by atoms with Gasteiger partial charge in [-0.25, -0.2) is 9.78 Å². The van der Waals surface area contributed by atoms with Crippen LogP contribution in [-0.2, 0) is 18.3 Å². The fourth-order valence-corrected chi connectivity index (χ4v) is 3.56. The number of aliphatic hydroxyl groups is 1. The lowest BCUT2D eigenvalue weighted by Gasteiger charge is -2.27. The Morgan fingerprint density at radius 3 is 2.90 bits per heavy atom. The third-order valence-corrected chi connectivity index (χ3v) is 4.61. The number of carbonyl (C=O) groups is 1. The molecule has 0 fully saturated rings. The van der Waals surface area contributed by atoms with Gasteiger partial charge in [-0.05, 0) is 42.2 Å². The fraction of sp³-hybridized carbons (Fsp3) is 0.250. The van der Waals surface area contributed by atoms with Gasteiger partial charge in [0.15, 0.2) is 0 Å². The van der Waals surface area contributed by atoms with Crippen LogP contribution in [0, 0.1) is 0 Å². The molecule has 2 atom stereocenters. The van der Waals surface area contributed by atoms with Crippen molar-refractivity contribution in [3.8, 4) is 0 Å². The number of hydrogen-bond acceptors (Lipinski definition) is 4.